The Hall–Kier alpha value is -2.14. The van der Waals surface area contributed by atoms with Gasteiger partial charge in [-0.25, -0.2) is 0 Å². The first-order valence-corrected chi connectivity index (χ1v) is 7.36. The third-order valence-corrected chi connectivity index (χ3v) is 4.11. The van der Waals surface area contributed by atoms with Crippen molar-refractivity contribution in [2.45, 2.75) is 6.92 Å². The van der Waals surface area contributed by atoms with E-state index < -0.39 is 0 Å². The number of pyridine rings is 1. The normalized spacial score (nSPS) is 10.8. The van der Waals surface area contributed by atoms with Crippen LogP contribution in [0.1, 0.15) is 5.56 Å². The van der Waals surface area contributed by atoms with Crippen molar-refractivity contribution >= 4 is 21.7 Å². The van der Waals surface area contributed by atoms with Crippen molar-refractivity contribution in [1.29, 1.82) is 0 Å². The Labute approximate surface area is 131 Å². The second-order valence-corrected chi connectivity index (χ2v) is 5.81. The third-order valence-electron chi connectivity index (χ3n) is 3.42. The van der Waals surface area contributed by atoms with Gasteiger partial charge in [-0.05, 0) is 25.1 Å². The Morgan fingerprint density at radius 1 is 1.24 bits per heavy atom. The Morgan fingerprint density at radius 2 is 2.05 bits per heavy atom. The lowest BCUT2D eigenvalue weighted by Gasteiger charge is -2.07. The second-order valence-electron chi connectivity index (χ2n) is 4.96. The average Bonchev–Trinajstić information content (AvgIpc) is 2.78. The van der Waals surface area contributed by atoms with Crippen LogP contribution in [-0.4, -0.2) is 14.8 Å². The van der Waals surface area contributed by atoms with Crippen LogP contribution < -0.4 is 5.73 Å². The Balaban J connectivity index is 2.29. The maximum Gasteiger partial charge on any atom is 0.129 e. The molecule has 0 aliphatic rings. The molecule has 0 atom stereocenters. The first-order chi connectivity index (χ1) is 10.1. The van der Waals surface area contributed by atoms with Crippen molar-refractivity contribution in [2.24, 2.45) is 7.05 Å². The van der Waals surface area contributed by atoms with E-state index in [1.54, 1.807) is 17.1 Å². The average molecular weight is 343 g/mol. The topological polar surface area (TPSA) is 56.7 Å². The van der Waals surface area contributed by atoms with Crippen LogP contribution in [0.2, 0.25) is 0 Å². The zero-order valence-corrected chi connectivity index (χ0v) is 13.4. The highest BCUT2D eigenvalue weighted by Crippen LogP contribution is 2.38. The fraction of sp³-hybridized carbons (Fsp3) is 0.125. The number of hydrogen-bond acceptors (Lipinski definition) is 3. The lowest BCUT2D eigenvalue weighted by Crippen LogP contribution is -1.98. The highest BCUT2D eigenvalue weighted by molar-refractivity contribution is 9.10. The lowest BCUT2D eigenvalue weighted by atomic mass is 10.0. The molecule has 0 radical (unpaired) electrons. The number of anilines is 1. The van der Waals surface area contributed by atoms with Gasteiger partial charge in [0, 0.05) is 35.0 Å². The Kier molecular flexibility index (Phi) is 3.51. The van der Waals surface area contributed by atoms with Gasteiger partial charge in [-0.2, -0.15) is 5.10 Å². The lowest BCUT2D eigenvalue weighted by molar-refractivity contribution is 0.782. The van der Waals surface area contributed by atoms with Crippen molar-refractivity contribution < 1.29 is 0 Å². The van der Waals surface area contributed by atoms with Gasteiger partial charge >= 0.3 is 0 Å². The summed E-state index contributed by atoms with van der Waals surface area (Å²) in [6, 6.07) is 10.1. The Morgan fingerprint density at radius 3 is 2.76 bits per heavy atom. The zero-order valence-electron chi connectivity index (χ0n) is 11.8. The van der Waals surface area contributed by atoms with Gasteiger partial charge in [-0.1, -0.05) is 33.6 Å². The molecule has 0 aliphatic heterocycles. The van der Waals surface area contributed by atoms with E-state index in [4.69, 9.17) is 5.73 Å². The van der Waals surface area contributed by atoms with Crippen LogP contribution in [-0.2, 0) is 7.05 Å². The van der Waals surface area contributed by atoms with Crippen molar-refractivity contribution in [1.82, 2.24) is 14.8 Å². The third kappa shape index (κ3) is 2.45. The summed E-state index contributed by atoms with van der Waals surface area (Å²) in [5.74, 6) is 0.631. The second kappa shape index (κ2) is 5.33. The quantitative estimate of drug-likeness (QED) is 0.770. The molecule has 2 heterocycles. The summed E-state index contributed by atoms with van der Waals surface area (Å²) in [4.78, 5) is 4.18. The van der Waals surface area contributed by atoms with Gasteiger partial charge in [0.1, 0.15) is 11.5 Å². The number of hydrogen-bond donors (Lipinski definition) is 1. The molecular weight excluding hydrogens is 328 g/mol. The molecule has 3 rings (SSSR count). The molecule has 1 aromatic carbocycles. The van der Waals surface area contributed by atoms with E-state index in [1.807, 2.05) is 25.2 Å². The summed E-state index contributed by atoms with van der Waals surface area (Å²) in [6.45, 7) is 2.06. The molecule has 4 nitrogen and oxygen atoms in total. The summed E-state index contributed by atoms with van der Waals surface area (Å²) in [5.41, 5.74) is 11.2. The standard InChI is InChI=1S/C16H15BrN4/c1-10-5-6-13(17)12(8-10)15-14(16(18)21(2)20-15)11-4-3-7-19-9-11/h3-9H,18H2,1-2H3. The summed E-state index contributed by atoms with van der Waals surface area (Å²) in [6.07, 6.45) is 3.55. The maximum atomic E-state index is 6.22. The number of rotatable bonds is 2. The molecule has 0 aliphatic carbocycles. The van der Waals surface area contributed by atoms with Gasteiger partial charge in [0.2, 0.25) is 0 Å². The van der Waals surface area contributed by atoms with Gasteiger partial charge in [-0.15, -0.1) is 0 Å². The van der Waals surface area contributed by atoms with E-state index in [0.29, 0.717) is 5.82 Å². The van der Waals surface area contributed by atoms with Crippen molar-refractivity contribution in [3.05, 3.63) is 52.8 Å². The molecule has 2 aromatic heterocycles. The number of aromatic nitrogens is 3. The van der Waals surface area contributed by atoms with Crippen molar-refractivity contribution in [3.8, 4) is 22.4 Å². The Bertz CT molecular complexity index is 794. The van der Waals surface area contributed by atoms with Gasteiger partial charge in [0.05, 0.1) is 5.56 Å². The number of nitrogens with zero attached hydrogens (tertiary/aromatic N) is 3. The van der Waals surface area contributed by atoms with Crippen LogP contribution in [0.3, 0.4) is 0 Å². The first-order valence-electron chi connectivity index (χ1n) is 6.57. The minimum Gasteiger partial charge on any atom is -0.383 e. The molecule has 2 N–H and O–H groups in total. The number of nitrogen functional groups attached to an aromatic ring is 1. The number of halogens is 1. The molecule has 0 saturated heterocycles. The SMILES string of the molecule is Cc1ccc(Br)c(-c2nn(C)c(N)c2-c2cccnc2)c1. The van der Waals surface area contributed by atoms with E-state index in [2.05, 4.69) is 45.1 Å². The molecule has 5 heteroatoms. The van der Waals surface area contributed by atoms with Gasteiger partial charge in [0.25, 0.3) is 0 Å². The molecule has 0 bridgehead atoms. The number of nitrogens with two attached hydrogens (primary N) is 1. The minimum atomic E-state index is 0.631. The first kappa shape index (κ1) is 13.8. The maximum absolute atomic E-state index is 6.22. The fourth-order valence-electron chi connectivity index (χ4n) is 2.34. The van der Waals surface area contributed by atoms with E-state index in [9.17, 15) is 0 Å². The monoisotopic (exact) mass is 342 g/mol. The van der Waals surface area contributed by atoms with Crippen LogP contribution in [0.15, 0.2) is 47.2 Å². The smallest absolute Gasteiger partial charge is 0.129 e. The summed E-state index contributed by atoms with van der Waals surface area (Å²) in [7, 11) is 1.85. The molecule has 0 unspecified atom stereocenters. The molecule has 0 saturated carbocycles. The molecule has 106 valence electrons. The van der Waals surface area contributed by atoms with E-state index >= 15 is 0 Å². The van der Waals surface area contributed by atoms with Crippen LogP contribution >= 0.6 is 15.9 Å². The van der Waals surface area contributed by atoms with E-state index in [-0.39, 0.29) is 0 Å². The van der Waals surface area contributed by atoms with Crippen molar-refractivity contribution in [2.75, 3.05) is 5.73 Å². The van der Waals surface area contributed by atoms with Crippen LogP contribution in [0.5, 0.6) is 0 Å². The van der Waals surface area contributed by atoms with Gasteiger partial charge < -0.3 is 5.73 Å². The fourth-order valence-corrected chi connectivity index (χ4v) is 2.78. The number of benzene rings is 1. The molecule has 21 heavy (non-hydrogen) atoms. The largest absolute Gasteiger partial charge is 0.383 e. The van der Waals surface area contributed by atoms with Crippen LogP contribution in [0, 0.1) is 6.92 Å². The van der Waals surface area contributed by atoms with Gasteiger partial charge in [0.15, 0.2) is 0 Å². The van der Waals surface area contributed by atoms with Crippen LogP contribution in [0.4, 0.5) is 5.82 Å². The summed E-state index contributed by atoms with van der Waals surface area (Å²) < 4.78 is 2.70. The van der Waals surface area contributed by atoms with E-state index in [0.717, 1.165) is 26.9 Å². The minimum absolute atomic E-state index is 0.631. The highest BCUT2D eigenvalue weighted by atomic mass is 79.9. The van der Waals surface area contributed by atoms with E-state index in [1.165, 1.54) is 5.56 Å². The molecule has 0 amide bonds. The molecular formula is C16H15BrN4. The zero-order chi connectivity index (χ0) is 15.0. The van der Waals surface area contributed by atoms with Crippen molar-refractivity contribution in [3.63, 3.8) is 0 Å². The predicted octanol–water partition coefficient (Wildman–Crippen LogP) is 3.80. The molecule has 0 spiro atoms. The van der Waals surface area contributed by atoms with Gasteiger partial charge in [-0.3, -0.25) is 9.67 Å². The molecule has 3 aromatic rings. The number of aryl methyl sites for hydroxylation is 2. The molecule has 0 fully saturated rings. The summed E-state index contributed by atoms with van der Waals surface area (Å²) >= 11 is 3.60. The summed E-state index contributed by atoms with van der Waals surface area (Å²) in [5, 5.41) is 4.59. The predicted molar refractivity (Wildman–Crippen MR) is 88.7 cm³/mol. The van der Waals surface area contributed by atoms with Crippen LogP contribution in [0.25, 0.3) is 22.4 Å². The highest BCUT2D eigenvalue weighted by Gasteiger charge is 2.19.